The molecule has 1 saturated heterocycles. The Kier molecular flexibility index (Phi) is 7.97. The first-order valence-electron chi connectivity index (χ1n) is 9.61. The lowest BCUT2D eigenvalue weighted by molar-refractivity contribution is -0.122. The van der Waals surface area contributed by atoms with Gasteiger partial charge in [-0.15, -0.1) is 6.58 Å². The quantitative estimate of drug-likeness (QED) is 0.254. The van der Waals surface area contributed by atoms with Crippen LogP contribution in [0.3, 0.4) is 0 Å². The average Bonchev–Trinajstić information content (AvgIpc) is 3.01. The summed E-state index contributed by atoms with van der Waals surface area (Å²) in [5, 5.41) is 8.83. The maximum Gasteiger partial charge on any atom is 0.335 e. The number of thioether (sulfide) groups is 1. The normalized spacial score (nSPS) is 14.7. The van der Waals surface area contributed by atoms with Crippen LogP contribution in [0.2, 0.25) is 0 Å². The van der Waals surface area contributed by atoms with Gasteiger partial charge in [0.25, 0.3) is 11.1 Å². The van der Waals surface area contributed by atoms with Gasteiger partial charge in [0.05, 0.1) is 20.6 Å². The van der Waals surface area contributed by atoms with Crippen LogP contribution in [0.25, 0.3) is 6.08 Å². The number of hydrogen-bond donors (Lipinski definition) is 1. The first kappa shape index (κ1) is 23.9. The van der Waals surface area contributed by atoms with Crippen LogP contribution in [0, 0.1) is 3.57 Å². The molecule has 0 bridgehead atoms. The molecule has 0 aliphatic carbocycles. The lowest BCUT2D eigenvalue weighted by Gasteiger charge is -2.15. The van der Waals surface area contributed by atoms with Crippen molar-refractivity contribution in [3.63, 3.8) is 0 Å². The van der Waals surface area contributed by atoms with E-state index >= 15 is 0 Å². The Morgan fingerprint density at radius 2 is 2.03 bits per heavy atom. The standard InChI is InChI=1S/C23H20INO6S/c1-3-8-25-21(26)19(32-23(25)29)12-15-10-17(24)20(18(11-15)30-4-2)31-13-14-6-5-7-16(9-14)22(27)28/h3,5-7,9-12H,1,4,8,13H2,2H3,(H,27,28)/b19-12+. The molecule has 1 fully saturated rings. The van der Waals surface area contributed by atoms with Gasteiger partial charge in [-0.25, -0.2) is 4.79 Å². The van der Waals surface area contributed by atoms with E-state index in [4.69, 9.17) is 14.6 Å². The number of imide groups is 1. The highest BCUT2D eigenvalue weighted by Crippen LogP contribution is 2.37. The lowest BCUT2D eigenvalue weighted by atomic mass is 10.1. The highest BCUT2D eigenvalue weighted by Gasteiger charge is 2.34. The van der Waals surface area contributed by atoms with Crippen LogP contribution in [-0.4, -0.2) is 40.3 Å². The Morgan fingerprint density at radius 3 is 2.72 bits per heavy atom. The molecule has 3 rings (SSSR count). The van der Waals surface area contributed by atoms with Gasteiger partial charge in [0.15, 0.2) is 11.5 Å². The van der Waals surface area contributed by atoms with Gasteiger partial charge in [0, 0.05) is 6.54 Å². The molecule has 0 spiro atoms. The van der Waals surface area contributed by atoms with Crippen molar-refractivity contribution in [2.45, 2.75) is 13.5 Å². The Morgan fingerprint density at radius 1 is 1.25 bits per heavy atom. The van der Waals surface area contributed by atoms with Crippen molar-refractivity contribution >= 4 is 57.5 Å². The molecule has 0 saturated carbocycles. The minimum atomic E-state index is -1.00. The number of carboxylic acids is 1. The smallest absolute Gasteiger partial charge is 0.335 e. The Hall–Kier alpha value is -2.79. The third-order valence-corrected chi connectivity index (χ3v) is 6.08. The maximum absolute atomic E-state index is 12.5. The summed E-state index contributed by atoms with van der Waals surface area (Å²) in [6.07, 6.45) is 3.16. The molecule has 0 unspecified atom stereocenters. The van der Waals surface area contributed by atoms with Crippen molar-refractivity contribution in [3.05, 3.63) is 74.2 Å². The molecule has 32 heavy (non-hydrogen) atoms. The summed E-state index contributed by atoms with van der Waals surface area (Å²) in [5.41, 5.74) is 1.59. The van der Waals surface area contributed by atoms with Crippen LogP contribution < -0.4 is 9.47 Å². The van der Waals surface area contributed by atoms with Crippen LogP contribution in [-0.2, 0) is 11.4 Å². The number of carbonyl (C=O) groups excluding carboxylic acids is 2. The molecule has 166 valence electrons. The van der Waals surface area contributed by atoms with E-state index in [1.807, 2.05) is 13.0 Å². The fourth-order valence-electron chi connectivity index (χ4n) is 2.96. The zero-order valence-electron chi connectivity index (χ0n) is 17.2. The lowest BCUT2D eigenvalue weighted by Crippen LogP contribution is -2.27. The van der Waals surface area contributed by atoms with Crippen molar-refractivity contribution in [1.82, 2.24) is 4.90 Å². The number of ether oxygens (including phenoxy) is 2. The van der Waals surface area contributed by atoms with E-state index in [1.165, 1.54) is 12.1 Å². The second-order valence-corrected chi connectivity index (χ2v) is 8.79. The van der Waals surface area contributed by atoms with Gasteiger partial charge in [0.2, 0.25) is 0 Å². The van der Waals surface area contributed by atoms with Crippen LogP contribution >= 0.6 is 34.4 Å². The Labute approximate surface area is 203 Å². The highest BCUT2D eigenvalue weighted by atomic mass is 127. The molecule has 9 heteroatoms. The molecule has 2 aromatic carbocycles. The zero-order chi connectivity index (χ0) is 23.3. The third kappa shape index (κ3) is 5.52. The molecule has 2 amide bonds. The molecule has 1 aliphatic rings. The van der Waals surface area contributed by atoms with Crippen molar-refractivity contribution in [1.29, 1.82) is 0 Å². The van der Waals surface area contributed by atoms with Gasteiger partial charge in [-0.3, -0.25) is 14.5 Å². The van der Waals surface area contributed by atoms with E-state index in [2.05, 4.69) is 29.2 Å². The highest BCUT2D eigenvalue weighted by molar-refractivity contribution is 14.1. The predicted molar refractivity (Wildman–Crippen MR) is 131 cm³/mol. The van der Waals surface area contributed by atoms with Gasteiger partial charge in [-0.2, -0.15) is 0 Å². The second-order valence-electron chi connectivity index (χ2n) is 6.64. The van der Waals surface area contributed by atoms with Crippen LogP contribution in [0.4, 0.5) is 4.79 Å². The minimum absolute atomic E-state index is 0.164. The van der Waals surface area contributed by atoms with E-state index in [9.17, 15) is 14.4 Å². The number of nitrogens with zero attached hydrogens (tertiary/aromatic N) is 1. The molecule has 2 aromatic rings. The van der Waals surface area contributed by atoms with E-state index in [0.29, 0.717) is 34.1 Å². The number of hydrogen-bond acceptors (Lipinski definition) is 6. The number of amides is 2. The van der Waals surface area contributed by atoms with Gasteiger partial charge < -0.3 is 14.6 Å². The Balaban J connectivity index is 1.86. The predicted octanol–water partition coefficient (Wildman–Crippen LogP) is 5.19. The number of benzene rings is 2. The first-order chi connectivity index (χ1) is 15.3. The molecule has 0 atom stereocenters. The van der Waals surface area contributed by atoms with Gasteiger partial charge in [-0.05, 0) is 82.7 Å². The Bertz CT molecular complexity index is 1110. The minimum Gasteiger partial charge on any atom is -0.490 e. The largest absolute Gasteiger partial charge is 0.490 e. The summed E-state index contributed by atoms with van der Waals surface area (Å²) in [5.74, 6) is -0.347. The third-order valence-electron chi connectivity index (χ3n) is 4.37. The average molecular weight is 565 g/mol. The number of aromatic carboxylic acids is 1. The summed E-state index contributed by atoms with van der Waals surface area (Å²) in [6.45, 7) is 6.15. The number of carboxylic acid groups (broad SMARTS) is 1. The topological polar surface area (TPSA) is 93.1 Å². The number of halogens is 1. The monoisotopic (exact) mass is 565 g/mol. The summed E-state index contributed by atoms with van der Waals surface area (Å²) >= 11 is 3.00. The van der Waals surface area contributed by atoms with Crippen LogP contribution in [0.1, 0.15) is 28.4 Å². The van der Waals surface area contributed by atoms with Crippen LogP contribution in [0.15, 0.2) is 54.0 Å². The molecule has 1 aliphatic heterocycles. The molecule has 1 N–H and O–H groups in total. The van der Waals surface area contributed by atoms with Crippen molar-refractivity contribution < 1.29 is 29.0 Å². The molecular weight excluding hydrogens is 545 g/mol. The van der Waals surface area contributed by atoms with Gasteiger partial charge in [0.1, 0.15) is 6.61 Å². The zero-order valence-corrected chi connectivity index (χ0v) is 20.1. The second kappa shape index (κ2) is 10.7. The van der Waals surface area contributed by atoms with E-state index in [1.54, 1.807) is 30.3 Å². The van der Waals surface area contributed by atoms with Crippen molar-refractivity contribution in [3.8, 4) is 11.5 Å². The molecule has 0 radical (unpaired) electrons. The van der Waals surface area contributed by atoms with Gasteiger partial charge >= 0.3 is 5.97 Å². The summed E-state index contributed by atoms with van der Waals surface area (Å²) in [4.78, 5) is 37.2. The molecule has 7 nitrogen and oxygen atoms in total. The van der Waals surface area contributed by atoms with E-state index < -0.39 is 5.97 Å². The van der Waals surface area contributed by atoms with E-state index in [-0.39, 0.29) is 29.9 Å². The van der Waals surface area contributed by atoms with E-state index in [0.717, 1.165) is 20.2 Å². The summed E-state index contributed by atoms with van der Waals surface area (Å²) < 4.78 is 12.5. The first-order valence-corrected chi connectivity index (χ1v) is 11.5. The fraction of sp³-hybridized carbons (Fsp3) is 0.174. The van der Waals surface area contributed by atoms with Crippen molar-refractivity contribution in [2.75, 3.05) is 13.2 Å². The fourth-order valence-corrected chi connectivity index (χ4v) is 4.59. The SMILES string of the molecule is C=CCN1C(=O)S/C(=C/c2cc(I)c(OCc3cccc(C(=O)O)c3)c(OCC)c2)C1=O. The number of carbonyl (C=O) groups is 3. The summed E-state index contributed by atoms with van der Waals surface area (Å²) in [6, 6.07) is 10.1. The maximum atomic E-state index is 12.5. The summed E-state index contributed by atoms with van der Waals surface area (Å²) in [7, 11) is 0. The molecular formula is C23H20INO6S. The van der Waals surface area contributed by atoms with Crippen molar-refractivity contribution in [2.24, 2.45) is 0 Å². The van der Waals surface area contributed by atoms with Crippen LogP contribution in [0.5, 0.6) is 11.5 Å². The molecule has 0 aromatic heterocycles. The van der Waals surface area contributed by atoms with Gasteiger partial charge in [-0.1, -0.05) is 18.2 Å². The number of rotatable bonds is 9. The molecule has 1 heterocycles.